The summed E-state index contributed by atoms with van der Waals surface area (Å²) in [6.45, 7) is 0. The van der Waals surface area contributed by atoms with Gasteiger partial charge >= 0.3 is 0 Å². The molecule has 0 amide bonds. The fourth-order valence-corrected chi connectivity index (χ4v) is 7.20. The van der Waals surface area contributed by atoms with Gasteiger partial charge < -0.3 is 4.42 Å². The molecule has 10 aromatic rings. The van der Waals surface area contributed by atoms with Crippen molar-refractivity contribution in [1.82, 2.24) is 15.0 Å². The highest BCUT2D eigenvalue weighted by molar-refractivity contribution is 6.19. The first-order valence-electron chi connectivity index (χ1n) is 17.8. The van der Waals surface area contributed by atoms with Crippen LogP contribution in [0.1, 0.15) is 0 Å². The largest absolute Gasteiger partial charge is 0.455 e. The van der Waals surface area contributed by atoms with E-state index in [0.717, 1.165) is 83.3 Å². The molecule has 0 atom stereocenters. The van der Waals surface area contributed by atoms with Gasteiger partial charge in [0.1, 0.15) is 11.2 Å². The van der Waals surface area contributed by atoms with E-state index in [0.29, 0.717) is 5.82 Å². The van der Waals surface area contributed by atoms with Gasteiger partial charge in [-0.05, 0) is 46.5 Å². The van der Waals surface area contributed by atoms with Crippen molar-refractivity contribution in [3.05, 3.63) is 188 Å². The molecule has 0 fully saturated rings. The van der Waals surface area contributed by atoms with Gasteiger partial charge in [-0.1, -0.05) is 164 Å². The fourth-order valence-electron chi connectivity index (χ4n) is 7.20. The summed E-state index contributed by atoms with van der Waals surface area (Å²) in [4.78, 5) is 15.5. The highest BCUT2D eigenvalue weighted by Gasteiger charge is 2.19. The van der Waals surface area contributed by atoms with E-state index in [1.165, 1.54) is 11.1 Å². The molecule has 4 heteroatoms. The zero-order chi connectivity index (χ0) is 35.1. The van der Waals surface area contributed by atoms with E-state index in [4.69, 9.17) is 19.4 Å². The number of rotatable bonds is 6. The second kappa shape index (κ2) is 12.9. The summed E-state index contributed by atoms with van der Waals surface area (Å²) >= 11 is 0. The Morgan fingerprint density at radius 3 is 1.51 bits per heavy atom. The Morgan fingerprint density at radius 1 is 0.340 bits per heavy atom. The lowest BCUT2D eigenvalue weighted by atomic mass is 9.99. The molecule has 0 aliphatic rings. The Hall–Kier alpha value is -7.17. The number of hydrogen-bond acceptors (Lipinski definition) is 4. The normalized spacial score (nSPS) is 11.4. The Balaban J connectivity index is 1.08. The molecule has 0 saturated heterocycles. The number of benzene rings is 7. The SMILES string of the molecule is c1ccc(-c2ccc(-c3cc(-c4ccccc4)nc(-c4ccc(-c5nc6ccc(-c7ccccc7)cc6c6oc7ccccc7c56)cc4)n3)cc2)cc1. The lowest BCUT2D eigenvalue weighted by Crippen LogP contribution is -1.96. The summed E-state index contributed by atoms with van der Waals surface area (Å²) in [5.74, 6) is 0.666. The Kier molecular flexibility index (Phi) is 7.43. The maximum Gasteiger partial charge on any atom is 0.160 e. The third-order valence-electron chi connectivity index (χ3n) is 9.91. The smallest absolute Gasteiger partial charge is 0.160 e. The van der Waals surface area contributed by atoms with Gasteiger partial charge in [-0.2, -0.15) is 0 Å². The molecule has 0 aliphatic carbocycles. The van der Waals surface area contributed by atoms with E-state index >= 15 is 0 Å². The molecule has 4 nitrogen and oxygen atoms in total. The van der Waals surface area contributed by atoms with Crippen molar-refractivity contribution in [2.24, 2.45) is 0 Å². The van der Waals surface area contributed by atoms with E-state index in [1.54, 1.807) is 0 Å². The lowest BCUT2D eigenvalue weighted by molar-refractivity contribution is 0.672. The van der Waals surface area contributed by atoms with E-state index in [-0.39, 0.29) is 0 Å². The van der Waals surface area contributed by atoms with Crippen LogP contribution in [0.25, 0.3) is 100 Å². The first-order valence-corrected chi connectivity index (χ1v) is 17.8. The number of hydrogen-bond donors (Lipinski definition) is 0. The van der Waals surface area contributed by atoms with Crippen molar-refractivity contribution in [2.45, 2.75) is 0 Å². The second-order valence-corrected chi connectivity index (χ2v) is 13.2. The molecule has 0 unspecified atom stereocenters. The van der Waals surface area contributed by atoms with Gasteiger partial charge in [0.05, 0.1) is 28.0 Å². The van der Waals surface area contributed by atoms with Crippen LogP contribution >= 0.6 is 0 Å². The molecule has 7 aromatic carbocycles. The van der Waals surface area contributed by atoms with Crippen molar-refractivity contribution < 1.29 is 4.42 Å². The molecule has 3 aromatic heterocycles. The van der Waals surface area contributed by atoms with Gasteiger partial charge in [-0.15, -0.1) is 0 Å². The standard InChI is InChI=1S/C49H31N3O/c1-4-12-32(13-5-1)34-20-22-36(23-21-34)44-31-43(35-16-8-3-9-17-35)51-49(52-44)38-26-24-37(25-27-38)47-46-40-18-10-11-19-45(40)53-48(46)41-30-39(28-29-42(41)50-47)33-14-6-2-7-15-33/h1-31H. The fraction of sp³-hybridized carbons (Fsp3) is 0. The van der Waals surface area contributed by atoms with Gasteiger partial charge in [0.2, 0.25) is 0 Å². The van der Waals surface area contributed by atoms with Crippen LogP contribution in [0.3, 0.4) is 0 Å². The topological polar surface area (TPSA) is 51.8 Å². The average Bonchev–Trinajstić information content (AvgIpc) is 3.64. The number of aromatic nitrogens is 3. The van der Waals surface area contributed by atoms with Crippen molar-refractivity contribution in [3.63, 3.8) is 0 Å². The second-order valence-electron chi connectivity index (χ2n) is 13.2. The van der Waals surface area contributed by atoms with Crippen LogP contribution in [0.15, 0.2) is 192 Å². The average molecular weight is 678 g/mol. The molecule has 0 radical (unpaired) electrons. The zero-order valence-electron chi connectivity index (χ0n) is 28.6. The molecular formula is C49H31N3O. The van der Waals surface area contributed by atoms with Gasteiger partial charge in [0.25, 0.3) is 0 Å². The van der Waals surface area contributed by atoms with Crippen molar-refractivity contribution in [1.29, 1.82) is 0 Å². The van der Waals surface area contributed by atoms with Crippen LogP contribution in [-0.2, 0) is 0 Å². The van der Waals surface area contributed by atoms with Crippen LogP contribution in [0.4, 0.5) is 0 Å². The Labute approximate surface area is 306 Å². The highest BCUT2D eigenvalue weighted by Crippen LogP contribution is 2.41. The molecule has 10 rings (SSSR count). The minimum absolute atomic E-state index is 0.666. The lowest BCUT2D eigenvalue weighted by Gasteiger charge is -2.11. The number of pyridine rings is 1. The molecule has 0 aliphatic heterocycles. The molecule has 0 spiro atoms. The van der Waals surface area contributed by atoms with Crippen LogP contribution in [0.5, 0.6) is 0 Å². The maximum atomic E-state index is 6.59. The third kappa shape index (κ3) is 5.63. The third-order valence-corrected chi connectivity index (χ3v) is 9.91. The summed E-state index contributed by atoms with van der Waals surface area (Å²) in [5, 5.41) is 3.05. The molecule has 3 heterocycles. The van der Waals surface area contributed by atoms with E-state index < -0.39 is 0 Å². The Bertz CT molecular complexity index is 2900. The summed E-state index contributed by atoms with van der Waals surface area (Å²) < 4.78 is 6.59. The van der Waals surface area contributed by atoms with Crippen molar-refractivity contribution in [3.8, 4) is 67.4 Å². The van der Waals surface area contributed by atoms with Gasteiger partial charge in [0, 0.05) is 33.0 Å². The summed E-state index contributed by atoms with van der Waals surface area (Å²) in [7, 11) is 0. The van der Waals surface area contributed by atoms with Gasteiger partial charge in [0.15, 0.2) is 5.82 Å². The van der Waals surface area contributed by atoms with E-state index in [9.17, 15) is 0 Å². The molecule has 0 saturated carbocycles. The van der Waals surface area contributed by atoms with Crippen LogP contribution in [0, 0.1) is 0 Å². The monoisotopic (exact) mass is 677 g/mol. The summed E-state index contributed by atoms with van der Waals surface area (Å²) in [5.41, 5.74) is 13.8. The minimum Gasteiger partial charge on any atom is -0.455 e. The van der Waals surface area contributed by atoms with Gasteiger partial charge in [-0.25, -0.2) is 15.0 Å². The van der Waals surface area contributed by atoms with Gasteiger partial charge in [-0.3, -0.25) is 0 Å². The van der Waals surface area contributed by atoms with Crippen LogP contribution in [0.2, 0.25) is 0 Å². The molecule has 248 valence electrons. The number of para-hydroxylation sites is 1. The molecular weight excluding hydrogens is 647 g/mol. The van der Waals surface area contributed by atoms with Crippen LogP contribution < -0.4 is 0 Å². The first kappa shape index (κ1) is 30.6. The highest BCUT2D eigenvalue weighted by atomic mass is 16.3. The molecule has 53 heavy (non-hydrogen) atoms. The van der Waals surface area contributed by atoms with E-state index in [1.807, 2.05) is 42.5 Å². The number of furan rings is 1. The van der Waals surface area contributed by atoms with Crippen molar-refractivity contribution in [2.75, 3.05) is 0 Å². The number of fused-ring (bicyclic) bond motifs is 5. The van der Waals surface area contributed by atoms with Crippen molar-refractivity contribution >= 4 is 32.8 Å². The molecule has 0 N–H and O–H groups in total. The predicted molar refractivity (Wildman–Crippen MR) is 217 cm³/mol. The zero-order valence-corrected chi connectivity index (χ0v) is 28.6. The van der Waals surface area contributed by atoms with Crippen LogP contribution in [-0.4, -0.2) is 15.0 Å². The quantitative estimate of drug-likeness (QED) is 0.176. The minimum atomic E-state index is 0.666. The summed E-state index contributed by atoms with van der Waals surface area (Å²) in [6.07, 6.45) is 0. The summed E-state index contributed by atoms with van der Waals surface area (Å²) in [6, 6.07) is 64.9. The number of nitrogens with zero attached hydrogens (tertiary/aromatic N) is 3. The van der Waals surface area contributed by atoms with E-state index in [2.05, 4.69) is 146 Å². The molecule has 0 bridgehead atoms. The first-order chi connectivity index (χ1) is 26.2. The predicted octanol–water partition coefficient (Wildman–Crippen LogP) is 12.9. The Morgan fingerprint density at radius 2 is 0.830 bits per heavy atom. The maximum absolute atomic E-state index is 6.59.